The Morgan fingerprint density at radius 2 is 2.06 bits per heavy atom. The molecule has 9 heteroatoms. The molecule has 3 heterocycles. The summed E-state index contributed by atoms with van der Waals surface area (Å²) in [5.41, 5.74) is 3.17. The normalized spacial score (nSPS) is 18.2. The number of carbonyl (C=O) groups excluding carboxylic acids is 1. The van der Waals surface area contributed by atoms with Crippen LogP contribution in [0.5, 0.6) is 0 Å². The molecule has 0 spiro atoms. The second-order valence-corrected chi connectivity index (χ2v) is 8.08. The van der Waals surface area contributed by atoms with Gasteiger partial charge in [0.2, 0.25) is 0 Å². The lowest BCUT2D eigenvalue weighted by molar-refractivity contribution is -0.200. The number of furan rings is 1. The maximum atomic E-state index is 12.8. The Morgan fingerprint density at radius 1 is 1.25 bits per heavy atom. The van der Waals surface area contributed by atoms with Crippen LogP contribution in [-0.2, 0) is 28.2 Å². The largest absolute Gasteiger partial charge is 0.455 e. The molecule has 3 N–H and O–H groups in total. The first-order chi connectivity index (χ1) is 15.4. The summed E-state index contributed by atoms with van der Waals surface area (Å²) in [7, 11) is 0. The first-order valence-electron chi connectivity index (χ1n) is 10.6. The van der Waals surface area contributed by atoms with Crippen LogP contribution in [0.3, 0.4) is 0 Å². The van der Waals surface area contributed by atoms with E-state index in [1.165, 1.54) is 0 Å². The van der Waals surface area contributed by atoms with E-state index in [0.29, 0.717) is 61.8 Å². The Balaban J connectivity index is 1.42. The molecule has 9 nitrogen and oxygen atoms in total. The number of rotatable bonds is 5. The van der Waals surface area contributed by atoms with Gasteiger partial charge in [0.05, 0.1) is 31.6 Å². The average molecular weight is 439 g/mol. The predicted molar refractivity (Wildman–Crippen MR) is 113 cm³/mol. The summed E-state index contributed by atoms with van der Waals surface area (Å²) in [5.74, 6) is -1.71. The molecular formula is C23H25N3O6. The van der Waals surface area contributed by atoms with E-state index in [0.717, 1.165) is 15.8 Å². The molecule has 0 bridgehead atoms. The van der Waals surface area contributed by atoms with E-state index in [4.69, 9.17) is 13.9 Å². The number of hydrogen-bond donors (Lipinski definition) is 3. The van der Waals surface area contributed by atoms with Crippen LogP contribution in [0.1, 0.15) is 33.0 Å². The van der Waals surface area contributed by atoms with E-state index >= 15 is 0 Å². The standard InChI is InChI=1S/C23H25N3O6/c1-14-19-18(32-21(14)22(27)24-11-17-13-30-9-10-31-17)8-7-15-12-26(25-20(15)19)23(28,29)16-5-3-2-4-6-16/h2-6,12,17,28-29H,7-11,13H2,1H3,(H,24,27)/t17-/m1/s1. The zero-order chi connectivity index (χ0) is 22.3. The highest BCUT2D eigenvalue weighted by atomic mass is 16.6. The van der Waals surface area contributed by atoms with Gasteiger partial charge in [0.25, 0.3) is 11.8 Å². The van der Waals surface area contributed by atoms with Crippen LogP contribution < -0.4 is 5.32 Å². The minimum atomic E-state index is -2.29. The van der Waals surface area contributed by atoms with Crippen LogP contribution in [-0.4, -0.2) is 58.4 Å². The summed E-state index contributed by atoms with van der Waals surface area (Å²) in [6.45, 7) is 3.67. The van der Waals surface area contributed by atoms with Crippen molar-refractivity contribution in [3.05, 3.63) is 64.7 Å². The number of fused-ring (bicyclic) bond motifs is 3. The quantitative estimate of drug-likeness (QED) is 0.513. The van der Waals surface area contributed by atoms with Crippen molar-refractivity contribution in [2.75, 3.05) is 26.4 Å². The third kappa shape index (κ3) is 3.63. The smallest absolute Gasteiger partial charge is 0.294 e. The van der Waals surface area contributed by atoms with Crippen molar-refractivity contribution in [2.24, 2.45) is 0 Å². The lowest BCUT2D eigenvalue weighted by Crippen LogP contribution is -2.39. The second-order valence-electron chi connectivity index (χ2n) is 8.08. The number of hydrogen-bond acceptors (Lipinski definition) is 7. The second kappa shape index (κ2) is 8.18. The van der Waals surface area contributed by atoms with Gasteiger partial charge in [0, 0.05) is 35.9 Å². The summed E-state index contributed by atoms with van der Waals surface area (Å²) in [5, 5.41) is 28.8. The number of aryl methyl sites for hydroxylation is 2. The highest BCUT2D eigenvalue weighted by molar-refractivity contribution is 5.95. The lowest BCUT2D eigenvalue weighted by Gasteiger charge is -2.22. The van der Waals surface area contributed by atoms with Crippen LogP contribution >= 0.6 is 0 Å². The number of amides is 1. The molecule has 1 aliphatic carbocycles. The topological polar surface area (TPSA) is 119 Å². The molecule has 1 amide bonds. The first-order valence-corrected chi connectivity index (χ1v) is 10.6. The molecule has 1 aromatic carbocycles. The molecule has 1 aliphatic heterocycles. The van der Waals surface area contributed by atoms with Gasteiger partial charge in [0.15, 0.2) is 5.76 Å². The number of aliphatic hydroxyl groups is 2. The molecule has 5 rings (SSSR count). The minimum absolute atomic E-state index is 0.180. The van der Waals surface area contributed by atoms with Crippen molar-refractivity contribution in [3.63, 3.8) is 0 Å². The molecule has 1 saturated heterocycles. The SMILES string of the molecule is Cc1c(C(=O)NC[C@@H]2COCCO2)oc2c1-c1nn(C(O)(O)c3ccccc3)cc1CC2. The van der Waals surface area contributed by atoms with Crippen molar-refractivity contribution >= 4 is 5.91 Å². The third-order valence-corrected chi connectivity index (χ3v) is 5.93. The van der Waals surface area contributed by atoms with Gasteiger partial charge in [-0.05, 0) is 18.9 Å². The molecular weight excluding hydrogens is 414 g/mol. The van der Waals surface area contributed by atoms with E-state index in [1.807, 2.05) is 6.92 Å². The maximum Gasteiger partial charge on any atom is 0.294 e. The van der Waals surface area contributed by atoms with E-state index < -0.39 is 5.91 Å². The van der Waals surface area contributed by atoms with Crippen LogP contribution in [0.2, 0.25) is 0 Å². The zero-order valence-corrected chi connectivity index (χ0v) is 17.7. The van der Waals surface area contributed by atoms with Gasteiger partial charge >= 0.3 is 0 Å². The highest BCUT2D eigenvalue weighted by Crippen LogP contribution is 2.39. The number of benzene rings is 1. The minimum Gasteiger partial charge on any atom is -0.455 e. The molecule has 1 atom stereocenters. The van der Waals surface area contributed by atoms with Crippen molar-refractivity contribution in [3.8, 4) is 11.3 Å². The van der Waals surface area contributed by atoms with Crippen LogP contribution in [0.25, 0.3) is 11.3 Å². The summed E-state index contributed by atoms with van der Waals surface area (Å²) in [6, 6.07) is 8.51. The number of aromatic nitrogens is 2. The zero-order valence-electron chi connectivity index (χ0n) is 17.7. The molecule has 0 unspecified atom stereocenters. The van der Waals surface area contributed by atoms with Gasteiger partial charge in [-0.25, -0.2) is 4.68 Å². The molecule has 0 saturated carbocycles. The Bertz CT molecular complexity index is 1130. The lowest BCUT2D eigenvalue weighted by atomic mass is 9.93. The summed E-state index contributed by atoms with van der Waals surface area (Å²) in [4.78, 5) is 12.8. The van der Waals surface area contributed by atoms with Gasteiger partial charge in [-0.3, -0.25) is 4.79 Å². The van der Waals surface area contributed by atoms with Gasteiger partial charge in [-0.15, -0.1) is 0 Å². The maximum absolute atomic E-state index is 12.8. The highest BCUT2D eigenvalue weighted by Gasteiger charge is 2.35. The fraction of sp³-hybridized carbons (Fsp3) is 0.391. The van der Waals surface area contributed by atoms with Crippen LogP contribution in [0.4, 0.5) is 0 Å². The molecule has 32 heavy (non-hydrogen) atoms. The van der Waals surface area contributed by atoms with Crippen molar-refractivity contribution in [2.45, 2.75) is 31.8 Å². The van der Waals surface area contributed by atoms with Crippen molar-refractivity contribution in [1.29, 1.82) is 0 Å². The molecule has 1 fully saturated rings. The number of carbonyl (C=O) groups is 1. The summed E-state index contributed by atoms with van der Waals surface area (Å²) in [6.07, 6.45) is 2.67. The molecule has 0 radical (unpaired) electrons. The molecule has 3 aromatic rings. The summed E-state index contributed by atoms with van der Waals surface area (Å²) < 4.78 is 18.0. The number of nitrogens with zero attached hydrogens (tertiary/aromatic N) is 2. The molecule has 168 valence electrons. The van der Waals surface area contributed by atoms with Gasteiger partial charge in [-0.2, -0.15) is 5.10 Å². The Kier molecular flexibility index (Phi) is 5.34. The Morgan fingerprint density at radius 3 is 2.81 bits per heavy atom. The van der Waals surface area contributed by atoms with E-state index in [-0.39, 0.29) is 17.8 Å². The molecule has 2 aromatic heterocycles. The average Bonchev–Trinajstić information content (AvgIpc) is 3.40. The van der Waals surface area contributed by atoms with Gasteiger partial charge in [-0.1, -0.05) is 30.3 Å². The Hall–Kier alpha value is -2.98. The van der Waals surface area contributed by atoms with Gasteiger partial charge in [0.1, 0.15) is 5.76 Å². The van der Waals surface area contributed by atoms with Crippen LogP contribution in [0.15, 0.2) is 40.9 Å². The number of nitrogens with one attached hydrogen (secondary N) is 1. The monoisotopic (exact) mass is 439 g/mol. The van der Waals surface area contributed by atoms with E-state index in [1.54, 1.807) is 36.5 Å². The van der Waals surface area contributed by atoms with Crippen molar-refractivity contribution in [1.82, 2.24) is 15.1 Å². The molecule has 2 aliphatic rings. The fourth-order valence-electron chi connectivity index (χ4n) is 4.22. The van der Waals surface area contributed by atoms with Gasteiger partial charge < -0.3 is 29.4 Å². The number of ether oxygens (including phenoxy) is 2. The van der Waals surface area contributed by atoms with E-state index in [2.05, 4.69) is 10.4 Å². The summed E-state index contributed by atoms with van der Waals surface area (Å²) >= 11 is 0. The predicted octanol–water partition coefficient (Wildman–Crippen LogP) is 1.34. The fourth-order valence-corrected chi connectivity index (χ4v) is 4.22. The third-order valence-electron chi connectivity index (χ3n) is 5.93. The van der Waals surface area contributed by atoms with Crippen molar-refractivity contribution < 1.29 is 28.9 Å². The first kappa shape index (κ1) is 20.9. The van der Waals surface area contributed by atoms with E-state index in [9.17, 15) is 15.0 Å². The Labute approximate surface area is 184 Å². The van der Waals surface area contributed by atoms with Crippen LogP contribution in [0, 0.1) is 6.92 Å².